The van der Waals surface area contributed by atoms with Crippen molar-refractivity contribution < 1.29 is 4.74 Å². The van der Waals surface area contributed by atoms with Crippen molar-refractivity contribution in [2.45, 2.75) is 58.6 Å². The maximum Gasteiger partial charge on any atom is 0.0597 e. The van der Waals surface area contributed by atoms with Crippen molar-refractivity contribution >= 4 is 0 Å². The van der Waals surface area contributed by atoms with Gasteiger partial charge in [-0.3, -0.25) is 0 Å². The van der Waals surface area contributed by atoms with E-state index in [0.717, 1.165) is 26.1 Å². The molecule has 1 atom stereocenters. The summed E-state index contributed by atoms with van der Waals surface area (Å²) in [6.45, 7) is 12.1. The van der Waals surface area contributed by atoms with Crippen LogP contribution in [0.4, 0.5) is 0 Å². The first-order valence-corrected chi connectivity index (χ1v) is 7.26. The first kappa shape index (κ1) is 14.9. The molecule has 1 aliphatic heterocycles. The van der Waals surface area contributed by atoms with E-state index in [0.29, 0.717) is 12.1 Å². The van der Waals surface area contributed by atoms with Crippen LogP contribution in [0.15, 0.2) is 0 Å². The number of ether oxygens (including phenoxy) is 1. The molecule has 1 heterocycles. The third kappa shape index (κ3) is 7.74. The van der Waals surface area contributed by atoms with Crippen LogP contribution in [0.25, 0.3) is 0 Å². The largest absolute Gasteiger partial charge is 0.377 e. The van der Waals surface area contributed by atoms with Gasteiger partial charge in [-0.15, -0.1) is 0 Å². The summed E-state index contributed by atoms with van der Waals surface area (Å²) in [6, 6.07) is 0.579. The van der Waals surface area contributed by atoms with E-state index in [1.165, 1.54) is 32.4 Å². The Bertz CT molecular complexity index is 179. The average molecular weight is 242 g/mol. The summed E-state index contributed by atoms with van der Waals surface area (Å²) >= 11 is 0. The van der Waals surface area contributed by atoms with Gasteiger partial charge in [-0.2, -0.15) is 0 Å². The Morgan fingerprint density at radius 1 is 1.12 bits per heavy atom. The minimum absolute atomic E-state index is 0.381. The lowest BCUT2D eigenvalue weighted by molar-refractivity contribution is 0.0403. The van der Waals surface area contributed by atoms with E-state index in [2.05, 4.69) is 31.0 Å². The molecule has 1 unspecified atom stereocenters. The number of hydrogen-bond acceptors (Lipinski definition) is 3. The Balaban J connectivity index is 1.93. The van der Waals surface area contributed by atoms with E-state index < -0.39 is 0 Å². The fourth-order valence-corrected chi connectivity index (χ4v) is 2.22. The van der Waals surface area contributed by atoms with E-state index in [4.69, 9.17) is 4.74 Å². The monoisotopic (exact) mass is 242 g/mol. The smallest absolute Gasteiger partial charge is 0.0597 e. The van der Waals surface area contributed by atoms with Gasteiger partial charge in [-0.25, -0.2) is 0 Å². The summed E-state index contributed by atoms with van der Waals surface area (Å²) in [4.78, 5) is 2.53. The number of rotatable bonds is 8. The third-order valence-corrected chi connectivity index (χ3v) is 3.36. The van der Waals surface area contributed by atoms with Crippen LogP contribution in [0.3, 0.4) is 0 Å². The zero-order valence-electron chi connectivity index (χ0n) is 11.9. The second kappa shape index (κ2) is 8.90. The van der Waals surface area contributed by atoms with E-state index in [-0.39, 0.29) is 0 Å². The van der Waals surface area contributed by atoms with Gasteiger partial charge in [0.25, 0.3) is 0 Å². The second-order valence-electron chi connectivity index (χ2n) is 5.48. The van der Waals surface area contributed by atoms with Crippen molar-refractivity contribution in [2.24, 2.45) is 0 Å². The molecule has 0 aliphatic carbocycles. The van der Waals surface area contributed by atoms with Crippen LogP contribution >= 0.6 is 0 Å². The lowest BCUT2D eigenvalue weighted by atomic mass is 10.1. The van der Waals surface area contributed by atoms with E-state index in [1.54, 1.807) is 0 Å². The fourth-order valence-electron chi connectivity index (χ4n) is 2.22. The molecule has 1 fully saturated rings. The molecule has 0 saturated carbocycles. The van der Waals surface area contributed by atoms with Crippen molar-refractivity contribution in [3.63, 3.8) is 0 Å². The topological polar surface area (TPSA) is 24.5 Å². The summed E-state index contributed by atoms with van der Waals surface area (Å²) in [5.41, 5.74) is 0. The Labute approximate surface area is 107 Å². The summed E-state index contributed by atoms with van der Waals surface area (Å²) in [5, 5.41) is 3.43. The molecule has 0 aromatic rings. The molecule has 1 N–H and O–H groups in total. The molecule has 1 rings (SSSR count). The highest BCUT2D eigenvalue weighted by Crippen LogP contribution is 2.08. The molecule has 0 bridgehead atoms. The zero-order chi connectivity index (χ0) is 12.5. The molecule has 102 valence electrons. The SMILES string of the molecule is CC(C)NCCC(C)OCCN1CCCCC1. The van der Waals surface area contributed by atoms with Crippen LogP contribution in [-0.2, 0) is 4.74 Å². The van der Waals surface area contributed by atoms with Gasteiger partial charge in [-0.1, -0.05) is 20.3 Å². The van der Waals surface area contributed by atoms with Gasteiger partial charge in [0.1, 0.15) is 0 Å². The van der Waals surface area contributed by atoms with Crippen molar-refractivity contribution in [1.82, 2.24) is 10.2 Å². The fraction of sp³-hybridized carbons (Fsp3) is 1.00. The Kier molecular flexibility index (Phi) is 7.82. The van der Waals surface area contributed by atoms with Crippen LogP contribution in [0.1, 0.15) is 46.5 Å². The molecular weight excluding hydrogens is 212 g/mol. The van der Waals surface area contributed by atoms with E-state index >= 15 is 0 Å². The minimum atomic E-state index is 0.381. The average Bonchev–Trinajstić information content (AvgIpc) is 2.30. The van der Waals surface area contributed by atoms with Gasteiger partial charge >= 0.3 is 0 Å². The second-order valence-corrected chi connectivity index (χ2v) is 5.48. The van der Waals surface area contributed by atoms with E-state index in [9.17, 15) is 0 Å². The predicted octanol–water partition coefficient (Wildman–Crippen LogP) is 2.27. The number of piperidine rings is 1. The summed E-state index contributed by atoms with van der Waals surface area (Å²) in [7, 11) is 0. The Hall–Kier alpha value is -0.120. The third-order valence-electron chi connectivity index (χ3n) is 3.36. The highest BCUT2D eigenvalue weighted by atomic mass is 16.5. The Morgan fingerprint density at radius 2 is 1.82 bits per heavy atom. The van der Waals surface area contributed by atoms with Crippen LogP contribution in [-0.4, -0.2) is 49.8 Å². The summed E-state index contributed by atoms with van der Waals surface area (Å²) in [6.07, 6.45) is 5.64. The molecule has 0 spiro atoms. The Morgan fingerprint density at radius 3 is 2.47 bits per heavy atom. The summed E-state index contributed by atoms with van der Waals surface area (Å²) in [5.74, 6) is 0. The minimum Gasteiger partial charge on any atom is -0.377 e. The number of nitrogens with one attached hydrogen (secondary N) is 1. The molecular formula is C14H30N2O. The molecule has 17 heavy (non-hydrogen) atoms. The van der Waals surface area contributed by atoms with Gasteiger partial charge in [0.15, 0.2) is 0 Å². The molecule has 3 heteroatoms. The maximum atomic E-state index is 5.84. The number of hydrogen-bond donors (Lipinski definition) is 1. The van der Waals surface area contributed by atoms with Gasteiger partial charge in [0.05, 0.1) is 12.7 Å². The van der Waals surface area contributed by atoms with Crippen LogP contribution in [0.5, 0.6) is 0 Å². The molecule has 0 amide bonds. The summed E-state index contributed by atoms with van der Waals surface area (Å²) < 4.78 is 5.84. The van der Waals surface area contributed by atoms with Gasteiger partial charge in [0.2, 0.25) is 0 Å². The van der Waals surface area contributed by atoms with E-state index in [1.807, 2.05) is 0 Å². The molecule has 0 aromatic carbocycles. The van der Waals surface area contributed by atoms with Gasteiger partial charge in [-0.05, 0) is 45.8 Å². The van der Waals surface area contributed by atoms with Crippen molar-refractivity contribution in [2.75, 3.05) is 32.8 Å². The normalized spacial score (nSPS) is 19.8. The number of likely N-dealkylation sites (tertiary alicyclic amines) is 1. The van der Waals surface area contributed by atoms with Gasteiger partial charge in [0, 0.05) is 12.6 Å². The highest BCUT2D eigenvalue weighted by molar-refractivity contribution is 4.64. The van der Waals surface area contributed by atoms with Crippen molar-refractivity contribution in [3.8, 4) is 0 Å². The van der Waals surface area contributed by atoms with Crippen LogP contribution < -0.4 is 5.32 Å². The standard InChI is InChI=1S/C14H30N2O/c1-13(2)15-8-7-14(3)17-12-11-16-9-5-4-6-10-16/h13-15H,4-12H2,1-3H3. The molecule has 0 aromatic heterocycles. The quantitative estimate of drug-likeness (QED) is 0.706. The first-order chi connectivity index (χ1) is 8.18. The number of nitrogens with zero attached hydrogens (tertiary/aromatic N) is 1. The molecule has 0 radical (unpaired) electrons. The lowest BCUT2D eigenvalue weighted by Crippen LogP contribution is -2.33. The van der Waals surface area contributed by atoms with Crippen molar-refractivity contribution in [1.29, 1.82) is 0 Å². The predicted molar refractivity (Wildman–Crippen MR) is 73.5 cm³/mol. The lowest BCUT2D eigenvalue weighted by Gasteiger charge is -2.26. The zero-order valence-corrected chi connectivity index (χ0v) is 11.9. The molecule has 1 saturated heterocycles. The molecule has 1 aliphatic rings. The van der Waals surface area contributed by atoms with Crippen molar-refractivity contribution in [3.05, 3.63) is 0 Å². The maximum absolute atomic E-state index is 5.84. The van der Waals surface area contributed by atoms with Crippen LogP contribution in [0, 0.1) is 0 Å². The van der Waals surface area contributed by atoms with Gasteiger partial charge < -0.3 is 15.0 Å². The first-order valence-electron chi connectivity index (χ1n) is 7.26. The highest BCUT2D eigenvalue weighted by Gasteiger charge is 2.10. The van der Waals surface area contributed by atoms with Crippen LogP contribution in [0.2, 0.25) is 0 Å². The molecule has 3 nitrogen and oxygen atoms in total.